The highest BCUT2D eigenvalue weighted by atomic mass is 16.5. The van der Waals surface area contributed by atoms with Crippen molar-refractivity contribution in [1.29, 1.82) is 0 Å². The Bertz CT molecular complexity index is 826. The summed E-state index contributed by atoms with van der Waals surface area (Å²) < 4.78 is 16.0. The van der Waals surface area contributed by atoms with Crippen molar-refractivity contribution in [3.05, 3.63) is 64.2 Å². The molecule has 130 valence electrons. The highest BCUT2D eigenvalue weighted by molar-refractivity contribution is 5.98. The number of aryl methyl sites for hydroxylation is 1. The van der Waals surface area contributed by atoms with E-state index < -0.39 is 0 Å². The quantitative estimate of drug-likeness (QED) is 0.785. The van der Waals surface area contributed by atoms with Crippen LogP contribution >= 0.6 is 0 Å². The van der Waals surface area contributed by atoms with Gasteiger partial charge in [0, 0.05) is 12.0 Å². The Morgan fingerprint density at radius 3 is 2.72 bits per heavy atom. The lowest BCUT2D eigenvalue weighted by atomic mass is 9.95. The van der Waals surface area contributed by atoms with Crippen LogP contribution in [0.15, 0.2) is 41.4 Å². The van der Waals surface area contributed by atoms with Crippen molar-refractivity contribution in [3.8, 4) is 5.75 Å². The van der Waals surface area contributed by atoms with Gasteiger partial charge >= 0.3 is 5.97 Å². The van der Waals surface area contributed by atoms with E-state index in [1.54, 1.807) is 19.2 Å². The fraction of sp³-hybridized carbons (Fsp3) is 0.300. The van der Waals surface area contributed by atoms with Crippen molar-refractivity contribution in [3.63, 3.8) is 0 Å². The highest BCUT2D eigenvalue weighted by Gasteiger charge is 2.19. The van der Waals surface area contributed by atoms with Crippen LogP contribution in [-0.2, 0) is 15.9 Å². The Labute approximate surface area is 147 Å². The topological polar surface area (TPSA) is 57.1 Å². The molecule has 25 heavy (non-hydrogen) atoms. The van der Waals surface area contributed by atoms with E-state index in [0.29, 0.717) is 31.0 Å². The van der Waals surface area contributed by atoms with Gasteiger partial charge in [0.25, 0.3) is 0 Å². The van der Waals surface area contributed by atoms with Gasteiger partial charge in [-0.15, -0.1) is 0 Å². The molecule has 5 nitrogen and oxygen atoms in total. The van der Waals surface area contributed by atoms with E-state index in [4.69, 9.17) is 14.2 Å². The van der Waals surface area contributed by atoms with Crippen LogP contribution in [0.1, 0.15) is 32.6 Å². The number of rotatable bonds is 5. The van der Waals surface area contributed by atoms with Crippen LogP contribution in [-0.4, -0.2) is 39.2 Å². The molecule has 2 aromatic rings. The van der Waals surface area contributed by atoms with Gasteiger partial charge < -0.3 is 14.2 Å². The van der Waals surface area contributed by atoms with Gasteiger partial charge in [0.15, 0.2) is 0 Å². The van der Waals surface area contributed by atoms with Gasteiger partial charge in [0.05, 0.1) is 26.3 Å². The molecular weight excluding hydrogens is 318 g/mol. The maximum absolute atomic E-state index is 11.8. The summed E-state index contributed by atoms with van der Waals surface area (Å²) in [4.78, 5) is 16.3. The Hall–Kier alpha value is -2.82. The number of hydrogen-bond acceptors (Lipinski definition) is 5. The molecule has 0 atom stereocenters. The first-order valence-corrected chi connectivity index (χ1v) is 8.15. The van der Waals surface area contributed by atoms with Gasteiger partial charge in [0.2, 0.25) is 5.90 Å². The molecule has 5 heteroatoms. The Morgan fingerprint density at radius 1 is 1.20 bits per heavy atom. The number of carbonyl (C=O) groups excluding carboxylic acids is 1. The van der Waals surface area contributed by atoms with Crippen LogP contribution in [0.25, 0.3) is 0 Å². The zero-order valence-corrected chi connectivity index (χ0v) is 14.7. The lowest BCUT2D eigenvalue weighted by Gasteiger charge is -2.15. The predicted octanol–water partition coefficient (Wildman–Crippen LogP) is 3.16. The van der Waals surface area contributed by atoms with Crippen molar-refractivity contribution in [2.24, 2.45) is 4.99 Å². The highest BCUT2D eigenvalue weighted by Crippen LogP contribution is 2.27. The van der Waals surface area contributed by atoms with Crippen molar-refractivity contribution < 1.29 is 19.0 Å². The summed E-state index contributed by atoms with van der Waals surface area (Å²) in [5.41, 5.74) is 4.63. The third kappa shape index (κ3) is 3.50. The molecule has 0 aromatic heterocycles. The first kappa shape index (κ1) is 17.0. The van der Waals surface area contributed by atoms with Gasteiger partial charge in [-0.05, 0) is 41.8 Å². The molecule has 0 fully saturated rings. The number of aliphatic imine (C=N–C) groups is 1. The molecule has 1 aliphatic rings. The molecule has 0 aliphatic carbocycles. The summed E-state index contributed by atoms with van der Waals surface area (Å²) in [7, 11) is 3.00. The molecule has 2 aromatic carbocycles. The van der Waals surface area contributed by atoms with Gasteiger partial charge in [-0.1, -0.05) is 18.2 Å². The van der Waals surface area contributed by atoms with Crippen molar-refractivity contribution >= 4 is 11.9 Å². The molecule has 0 saturated heterocycles. The zero-order valence-electron chi connectivity index (χ0n) is 14.7. The Balaban J connectivity index is 2.03. The van der Waals surface area contributed by atoms with Gasteiger partial charge in [-0.2, -0.15) is 0 Å². The lowest BCUT2D eigenvalue weighted by molar-refractivity contribution is 0.0600. The van der Waals surface area contributed by atoms with Crippen molar-refractivity contribution in [2.45, 2.75) is 13.3 Å². The number of nitrogens with zero attached hydrogens (tertiary/aromatic N) is 1. The van der Waals surface area contributed by atoms with Crippen LogP contribution in [0.5, 0.6) is 5.75 Å². The average Bonchev–Trinajstić information content (AvgIpc) is 3.15. The minimum atomic E-state index is -0.364. The summed E-state index contributed by atoms with van der Waals surface area (Å²) in [5.74, 6) is 1.06. The van der Waals surface area contributed by atoms with Crippen LogP contribution < -0.4 is 4.74 Å². The molecule has 0 saturated carbocycles. The monoisotopic (exact) mass is 339 g/mol. The second-order valence-corrected chi connectivity index (χ2v) is 5.84. The second-order valence-electron chi connectivity index (χ2n) is 5.84. The number of carbonyl (C=O) groups is 1. The summed E-state index contributed by atoms with van der Waals surface area (Å²) in [6.45, 7) is 3.35. The minimum absolute atomic E-state index is 0.364. The lowest BCUT2D eigenvalue weighted by Crippen LogP contribution is -2.09. The average molecular weight is 339 g/mol. The first-order valence-electron chi connectivity index (χ1n) is 8.15. The van der Waals surface area contributed by atoms with E-state index in [9.17, 15) is 4.79 Å². The van der Waals surface area contributed by atoms with E-state index in [1.807, 2.05) is 25.1 Å². The summed E-state index contributed by atoms with van der Waals surface area (Å²) >= 11 is 0. The normalized spacial score (nSPS) is 13.2. The van der Waals surface area contributed by atoms with E-state index in [2.05, 4.69) is 11.1 Å². The summed E-state index contributed by atoms with van der Waals surface area (Å²) in [6.07, 6.45) is 0.605. The van der Waals surface area contributed by atoms with Gasteiger partial charge in [0.1, 0.15) is 12.4 Å². The summed E-state index contributed by atoms with van der Waals surface area (Å²) in [5, 5.41) is 0. The predicted molar refractivity (Wildman–Crippen MR) is 95.7 cm³/mol. The van der Waals surface area contributed by atoms with Crippen LogP contribution in [0.2, 0.25) is 0 Å². The van der Waals surface area contributed by atoms with Crippen LogP contribution in [0.4, 0.5) is 0 Å². The SMILES string of the molecule is COC(=O)c1ccc(OC)c(Cc2cccc(C)c2C2=NCCO2)c1. The minimum Gasteiger partial charge on any atom is -0.496 e. The molecule has 1 heterocycles. The fourth-order valence-corrected chi connectivity index (χ4v) is 3.03. The van der Waals surface area contributed by atoms with E-state index >= 15 is 0 Å². The van der Waals surface area contributed by atoms with E-state index in [-0.39, 0.29) is 5.97 Å². The van der Waals surface area contributed by atoms with E-state index in [0.717, 1.165) is 28.0 Å². The number of methoxy groups -OCH3 is 2. The maximum Gasteiger partial charge on any atom is 0.337 e. The summed E-state index contributed by atoms with van der Waals surface area (Å²) in [6, 6.07) is 11.4. The van der Waals surface area contributed by atoms with Crippen LogP contribution in [0, 0.1) is 6.92 Å². The molecule has 0 N–H and O–H groups in total. The van der Waals surface area contributed by atoms with Gasteiger partial charge in [-0.3, -0.25) is 0 Å². The molecule has 0 bridgehead atoms. The molecule has 0 amide bonds. The number of hydrogen-bond donors (Lipinski definition) is 0. The van der Waals surface area contributed by atoms with Gasteiger partial charge in [-0.25, -0.2) is 9.79 Å². The molecular formula is C20H21NO4. The standard InChI is InChI=1S/C20H21NO4/c1-13-5-4-6-14(18(13)19-21-9-10-25-19)11-16-12-15(20(22)24-3)7-8-17(16)23-2/h4-8,12H,9-11H2,1-3H3. The number of ether oxygens (including phenoxy) is 3. The molecule has 0 spiro atoms. The third-order valence-electron chi connectivity index (χ3n) is 4.24. The largest absolute Gasteiger partial charge is 0.496 e. The molecule has 3 rings (SSSR count). The van der Waals surface area contributed by atoms with Crippen LogP contribution in [0.3, 0.4) is 0 Å². The zero-order chi connectivity index (χ0) is 17.8. The van der Waals surface area contributed by atoms with E-state index in [1.165, 1.54) is 7.11 Å². The molecule has 1 aliphatic heterocycles. The smallest absolute Gasteiger partial charge is 0.337 e. The first-order chi connectivity index (χ1) is 12.1. The Morgan fingerprint density at radius 2 is 2.04 bits per heavy atom. The number of esters is 1. The Kier molecular flexibility index (Phi) is 5.03. The third-order valence-corrected chi connectivity index (χ3v) is 4.24. The van der Waals surface area contributed by atoms with Crippen molar-refractivity contribution in [2.75, 3.05) is 27.4 Å². The van der Waals surface area contributed by atoms with Crippen molar-refractivity contribution in [1.82, 2.24) is 0 Å². The molecule has 0 radical (unpaired) electrons. The second kappa shape index (κ2) is 7.38. The fourth-order valence-electron chi connectivity index (χ4n) is 3.03. The molecule has 0 unspecified atom stereocenters. The maximum atomic E-state index is 11.8. The number of benzene rings is 2.